The molecule has 1 aliphatic rings. The molecule has 0 bridgehead atoms. The van der Waals surface area contributed by atoms with Crippen molar-refractivity contribution in [1.82, 2.24) is 0 Å². The molecule has 0 aliphatic heterocycles. The van der Waals surface area contributed by atoms with E-state index in [1.807, 2.05) is 0 Å². The molecule has 1 aromatic carbocycles. The van der Waals surface area contributed by atoms with Crippen LogP contribution in [0.15, 0.2) is 18.2 Å². The van der Waals surface area contributed by atoms with Crippen LogP contribution in [-0.4, -0.2) is 28.8 Å². The second kappa shape index (κ2) is 5.59. The Morgan fingerprint density at radius 1 is 1.44 bits per heavy atom. The molecule has 2 rings (SSSR count). The molecule has 0 aromatic heterocycles. The highest BCUT2D eigenvalue weighted by Crippen LogP contribution is 2.28. The molecule has 2 unspecified atom stereocenters. The first-order valence-corrected chi connectivity index (χ1v) is 6.40. The van der Waals surface area contributed by atoms with E-state index in [2.05, 4.69) is 5.32 Å². The number of carboxylic acid groups (broad SMARTS) is 1. The lowest BCUT2D eigenvalue weighted by molar-refractivity contribution is 0.0697. The number of hydrogen-bond donors (Lipinski definition) is 3. The summed E-state index contributed by atoms with van der Waals surface area (Å²) < 4.78 is 0. The molecule has 1 aromatic rings. The largest absolute Gasteiger partial charge is 0.478 e. The molecular weight excluding hydrogens is 254 g/mol. The van der Waals surface area contributed by atoms with E-state index in [1.54, 1.807) is 6.07 Å². The highest BCUT2D eigenvalue weighted by molar-refractivity contribution is 6.33. The van der Waals surface area contributed by atoms with E-state index < -0.39 is 5.97 Å². The van der Waals surface area contributed by atoms with Gasteiger partial charge in [-0.15, -0.1) is 0 Å². The first kappa shape index (κ1) is 13.2. The molecule has 0 spiro atoms. The van der Waals surface area contributed by atoms with Crippen LogP contribution < -0.4 is 5.32 Å². The summed E-state index contributed by atoms with van der Waals surface area (Å²) in [4.78, 5) is 10.8. The van der Waals surface area contributed by atoms with Gasteiger partial charge in [0.05, 0.1) is 22.4 Å². The van der Waals surface area contributed by atoms with Crippen molar-refractivity contribution in [3.63, 3.8) is 0 Å². The molecule has 1 aliphatic carbocycles. The van der Waals surface area contributed by atoms with Gasteiger partial charge in [-0.1, -0.05) is 18.0 Å². The lowest BCUT2D eigenvalue weighted by Crippen LogP contribution is -2.22. The van der Waals surface area contributed by atoms with Crippen molar-refractivity contribution in [2.45, 2.75) is 25.4 Å². The third kappa shape index (κ3) is 2.94. The average molecular weight is 270 g/mol. The van der Waals surface area contributed by atoms with Crippen LogP contribution in [0.4, 0.5) is 5.69 Å². The molecule has 2 atom stereocenters. The number of aromatic carboxylic acids is 1. The smallest absolute Gasteiger partial charge is 0.335 e. The number of nitrogens with one attached hydrogen (secondary N) is 1. The molecule has 1 fully saturated rings. The van der Waals surface area contributed by atoms with E-state index in [9.17, 15) is 9.90 Å². The summed E-state index contributed by atoms with van der Waals surface area (Å²) in [7, 11) is 0. The number of aliphatic hydroxyl groups is 1. The lowest BCUT2D eigenvalue weighted by atomic mass is 10.1. The highest BCUT2D eigenvalue weighted by Gasteiger charge is 2.24. The summed E-state index contributed by atoms with van der Waals surface area (Å²) >= 11 is 6.01. The summed E-state index contributed by atoms with van der Waals surface area (Å²) in [6.45, 7) is 0.660. The fourth-order valence-corrected chi connectivity index (χ4v) is 2.54. The van der Waals surface area contributed by atoms with Gasteiger partial charge < -0.3 is 15.5 Å². The minimum atomic E-state index is -0.991. The van der Waals surface area contributed by atoms with Gasteiger partial charge in [0, 0.05) is 12.5 Å². The number of aliphatic hydroxyl groups excluding tert-OH is 1. The van der Waals surface area contributed by atoms with Crippen LogP contribution in [0.5, 0.6) is 0 Å². The minimum Gasteiger partial charge on any atom is -0.478 e. The molecule has 3 N–H and O–H groups in total. The van der Waals surface area contributed by atoms with Crippen LogP contribution in [-0.2, 0) is 0 Å². The monoisotopic (exact) mass is 269 g/mol. The molecule has 0 amide bonds. The zero-order valence-electron chi connectivity index (χ0n) is 9.90. The topological polar surface area (TPSA) is 69.6 Å². The first-order valence-electron chi connectivity index (χ1n) is 6.02. The van der Waals surface area contributed by atoms with Gasteiger partial charge in [0.2, 0.25) is 0 Å². The van der Waals surface area contributed by atoms with Crippen molar-refractivity contribution in [1.29, 1.82) is 0 Å². The number of hydrogen-bond acceptors (Lipinski definition) is 3. The Morgan fingerprint density at radius 3 is 2.78 bits per heavy atom. The van der Waals surface area contributed by atoms with Crippen LogP contribution in [0.1, 0.15) is 29.6 Å². The van der Waals surface area contributed by atoms with Gasteiger partial charge in [-0.3, -0.25) is 0 Å². The molecule has 4 nitrogen and oxygen atoms in total. The summed E-state index contributed by atoms with van der Waals surface area (Å²) in [5.74, 6) is -0.741. The Labute approximate surface area is 111 Å². The Balaban J connectivity index is 1.99. The number of carboxylic acids is 1. The van der Waals surface area contributed by atoms with Gasteiger partial charge in [-0.2, -0.15) is 0 Å². The van der Waals surface area contributed by atoms with E-state index in [0.29, 0.717) is 17.3 Å². The van der Waals surface area contributed by atoms with Gasteiger partial charge in [0.1, 0.15) is 0 Å². The van der Waals surface area contributed by atoms with Crippen LogP contribution in [0.3, 0.4) is 0 Å². The first-order chi connectivity index (χ1) is 8.58. The maximum Gasteiger partial charge on any atom is 0.335 e. The van der Waals surface area contributed by atoms with Gasteiger partial charge >= 0.3 is 5.97 Å². The number of halogens is 1. The van der Waals surface area contributed by atoms with Gasteiger partial charge in [-0.25, -0.2) is 4.79 Å². The van der Waals surface area contributed by atoms with Crippen LogP contribution >= 0.6 is 11.6 Å². The zero-order valence-corrected chi connectivity index (χ0v) is 10.7. The lowest BCUT2D eigenvalue weighted by Gasteiger charge is -2.16. The number of carbonyl (C=O) groups is 1. The van der Waals surface area contributed by atoms with E-state index in [1.165, 1.54) is 12.1 Å². The molecular formula is C13H16ClNO3. The van der Waals surface area contributed by atoms with Crippen molar-refractivity contribution in [3.8, 4) is 0 Å². The standard InChI is InChI=1S/C13H16ClNO3/c14-10-6-8(13(17)18)4-5-11(10)15-7-9-2-1-3-12(9)16/h4-6,9,12,15-16H,1-3,7H2,(H,17,18). The summed E-state index contributed by atoms with van der Waals surface area (Å²) in [5.41, 5.74) is 0.882. The molecule has 5 heteroatoms. The molecule has 0 radical (unpaired) electrons. The highest BCUT2D eigenvalue weighted by atomic mass is 35.5. The van der Waals surface area contributed by atoms with Gasteiger partial charge in [0.15, 0.2) is 0 Å². The Hall–Kier alpha value is -1.26. The SMILES string of the molecule is O=C(O)c1ccc(NCC2CCCC2O)c(Cl)c1. The Kier molecular flexibility index (Phi) is 4.09. The van der Waals surface area contributed by atoms with Crippen molar-refractivity contribution in [3.05, 3.63) is 28.8 Å². The third-order valence-corrected chi connectivity index (χ3v) is 3.70. The molecule has 1 saturated carbocycles. The van der Waals surface area contributed by atoms with E-state index in [0.717, 1.165) is 19.3 Å². The fourth-order valence-electron chi connectivity index (χ4n) is 2.29. The second-order valence-corrected chi connectivity index (χ2v) is 5.05. The number of anilines is 1. The van der Waals surface area contributed by atoms with Crippen LogP contribution in [0.2, 0.25) is 5.02 Å². The van der Waals surface area contributed by atoms with E-state index in [4.69, 9.17) is 16.7 Å². The number of rotatable bonds is 4. The maximum atomic E-state index is 10.8. The Morgan fingerprint density at radius 2 is 2.22 bits per heavy atom. The molecule has 0 saturated heterocycles. The van der Waals surface area contributed by atoms with E-state index >= 15 is 0 Å². The zero-order chi connectivity index (χ0) is 13.1. The quantitative estimate of drug-likeness (QED) is 0.786. The fraction of sp³-hybridized carbons (Fsp3) is 0.462. The maximum absolute atomic E-state index is 10.8. The number of benzene rings is 1. The molecule has 0 heterocycles. The predicted octanol–water partition coefficient (Wildman–Crippen LogP) is 2.61. The van der Waals surface area contributed by atoms with Crippen molar-refractivity contribution < 1.29 is 15.0 Å². The average Bonchev–Trinajstić information content (AvgIpc) is 2.73. The minimum absolute atomic E-state index is 0.173. The summed E-state index contributed by atoms with van der Waals surface area (Å²) in [6, 6.07) is 4.60. The molecule has 18 heavy (non-hydrogen) atoms. The predicted molar refractivity (Wildman–Crippen MR) is 70.2 cm³/mol. The van der Waals surface area contributed by atoms with Crippen molar-refractivity contribution >= 4 is 23.3 Å². The van der Waals surface area contributed by atoms with Crippen molar-refractivity contribution in [2.75, 3.05) is 11.9 Å². The molecule has 98 valence electrons. The van der Waals surface area contributed by atoms with Gasteiger partial charge in [-0.05, 0) is 31.0 Å². The second-order valence-electron chi connectivity index (χ2n) is 4.64. The van der Waals surface area contributed by atoms with E-state index in [-0.39, 0.29) is 17.6 Å². The Bertz CT molecular complexity index is 450. The van der Waals surface area contributed by atoms with Gasteiger partial charge in [0.25, 0.3) is 0 Å². The normalized spacial score (nSPS) is 23.0. The van der Waals surface area contributed by atoms with Crippen LogP contribution in [0, 0.1) is 5.92 Å². The van der Waals surface area contributed by atoms with Crippen LogP contribution in [0.25, 0.3) is 0 Å². The van der Waals surface area contributed by atoms with Crippen molar-refractivity contribution in [2.24, 2.45) is 5.92 Å². The summed E-state index contributed by atoms with van der Waals surface area (Å²) in [6.07, 6.45) is 2.69. The third-order valence-electron chi connectivity index (χ3n) is 3.39. The summed E-state index contributed by atoms with van der Waals surface area (Å²) in [5, 5.41) is 22.1.